The van der Waals surface area contributed by atoms with Crippen LogP contribution in [0.4, 0.5) is 0 Å². The predicted octanol–water partition coefficient (Wildman–Crippen LogP) is 1.21. The van der Waals surface area contributed by atoms with E-state index in [0.717, 1.165) is 25.1 Å². The Morgan fingerprint density at radius 3 is 2.68 bits per heavy atom. The number of primary sulfonamides is 1. The highest BCUT2D eigenvalue weighted by Gasteiger charge is 2.36. The summed E-state index contributed by atoms with van der Waals surface area (Å²) in [5, 5.41) is 11.8. The molecule has 140 valence electrons. The van der Waals surface area contributed by atoms with Crippen molar-refractivity contribution >= 4 is 16.0 Å². The number of nitrogens with two attached hydrogens (primary N) is 1. The minimum Gasteiger partial charge on any atom is -0.385 e. The van der Waals surface area contributed by atoms with Gasteiger partial charge in [0.25, 0.3) is 0 Å². The number of ether oxygens (including phenoxy) is 1. The first-order valence-electron chi connectivity index (χ1n) is 8.44. The lowest BCUT2D eigenvalue weighted by Crippen LogP contribution is -2.46. The van der Waals surface area contributed by atoms with Crippen LogP contribution in [0.3, 0.4) is 0 Å². The molecule has 2 rings (SSSR count). The first-order chi connectivity index (χ1) is 11.9. The predicted molar refractivity (Wildman–Crippen MR) is 98.8 cm³/mol. The fourth-order valence-electron chi connectivity index (χ4n) is 3.02. The third-order valence-electron chi connectivity index (χ3n) is 4.79. The zero-order valence-corrected chi connectivity index (χ0v) is 15.7. The quantitative estimate of drug-likeness (QED) is 0.472. The minimum atomic E-state index is -3.69. The molecular weight excluding hydrogens is 340 g/mol. The molecule has 1 aliphatic carbocycles. The maximum absolute atomic E-state index is 11.4. The highest BCUT2D eigenvalue weighted by molar-refractivity contribution is 7.89. The molecule has 8 heteroatoms. The normalized spacial score (nSPS) is 17.0. The van der Waals surface area contributed by atoms with Gasteiger partial charge in [-0.25, -0.2) is 13.6 Å². The standard InChI is InChI=1S/C17H28N4O3S/c1-19-16(21-13-17(7-4-8-17)9-10-24-2)20-12-14-5-3-6-15(11-14)25(18,22)23/h3,5-6,11H,4,7-10,12-13H2,1-2H3,(H2,18,22,23)(H2,19,20,21). The number of methoxy groups -OCH3 is 1. The summed E-state index contributed by atoms with van der Waals surface area (Å²) in [4.78, 5) is 4.35. The Morgan fingerprint density at radius 2 is 2.12 bits per heavy atom. The van der Waals surface area contributed by atoms with Gasteiger partial charge in [0.15, 0.2) is 5.96 Å². The zero-order valence-electron chi connectivity index (χ0n) is 14.9. The summed E-state index contributed by atoms with van der Waals surface area (Å²) >= 11 is 0. The fraction of sp³-hybridized carbons (Fsp3) is 0.588. The lowest BCUT2D eigenvalue weighted by Gasteiger charge is -2.42. The molecule has 7 nitrogen and oxygen atoms in total. The molecule has 1 aromatic rings. The van der Waals surface area contributed by atoms with Gasteiger partial charge in [-0.3, -0.25) is 4.99 Å². The van der Waals surface area contributed by atoms with E-state index in [2.05, 4.69) is 15.6 Å². The van der Waals surface area contributed by atoms with Gasteiger partial charge in [0.1, 0.15) is 0 Å². The average molecular weight is 369 g/mol. The van der Waals surface area contributed by atoms with E-state index >= 15 is 0 Å². The van der Waals surface area contributed by atoms with Gasteiger partial charge in [0.2, 0.25) is 10.0 Å². The van der Waals surface area contributed by atoms with E-state index in [4.69, 9.17) is 9.88 Å². The summed E-state index contributed by atoms with van der Waals surface area (Å²) in [6, 6.07) is 6.59. The van der Waals surface area contributed by atoms with Crippen molar-refractivity contribution in [2.45, 2.75) is 37.1 Å². The van der Waals surface area contributed by atoms with Crippen molar-refractivity contribution in [3.8, 4) is 0 Å². The lowest BCUT2D eigenvalue weighted by atomic mass is 9.67. The molecule has 0 amide bonds. The molecule has 0 radical (unpaired) electrons. The number of aliphatic imine (C=N–C) groups is 1. The number of guanidine groups is 1. The molecule has 0 atom stereocenters. The molecule has 0 bridgehead atoms. The van der Waals surface area contributed by atoms with Gasteiger partial charge in [0, 0.05) is 33.9 Å². The van der Waals surface area contributed by atoms with Gasteiger partial charge in [-0.15, -0.1) is 0 Å². The smallest absolute Gasteiger partial charge is 0.238 e. The highest BCUT2D eigenvalue weighted by Crippen LogP contribution is 2.43. The maximum Gasteiger partial charge on any atom is 0.238 e. The summed E-state index contributed by atoms with van der Waals surface area (Å²) in [5.41, 5.74) is 1.12. The summed E-state index contributed by atoms with van der Waals surface area (Å²) in [6.07, 6.45) is 4.72. The van der Waals surface area contributed by atoms with Crippen molar-refractivity contribution in [3.05, 3.63) is 29.8 Å². The Hall–Kier alpha value is -1.64. The molecule has 1 aliphatic rings. The van der Waals surface area contributed by atoms with Crippen molar-refractivity contribution in [1.29, 1.82) is 0 Å². The molecule has 0 heterocycles. The third-order valence-corrected chi connectivity index (χ3v) is 5.70. The molecule has 0 saturated heterocycles. The van der Waals surface area contributed by atoms with Gasteiger partial charge >= 0.3 is 0 Å². The molecule has 4 N–H and O–H groups in total. The van der Waals surface area contributed by atoms with Crippen LogP contribution in [-0.2, 0) is 21.3 Å². The van der Waals surface area contributed by atoms with Crippen LogP contribution < -0.4 is 15.8 Å². The van der Waals surface area contributed by atoms with Crippen LogP contribution in [0.1, 0.15) is 31.2 Å². The topological polar surface area (TPSA) is 106 Å². The molecule has 0 unspecified atom stereocenters. The van der Waals surface area contributed by atoms with Gasteiger partial charge in [-0.05, 0) is 42.4 Å². The Kier molecular flexibility index (Phi) is 6.80. The van der Waals surface area contributed by atoms with Crippen molar-refractivity contribution in [2.24, 2.45) is 15.5 Å². The fourth-order valence-corrected chi connectivity index (χ4v) is 3.60. The summed E-state index contributed by atoms with van der Waals surface area (Å²) in [7, 11) is -0.236. The second kappa shape index (κ2) is 8.64. The minimum absolute atomic E-state index is 0.114. The third kappa shape index (κ3) is 5.69. The van der Waals surface area contributed by atoms with Crippen LogP contribution >= 0.6 is 0 Å². The second-order valence-electron chi connectivity index (χ2n) is 6.57. The molecule has 0 aliphatic heterocycles. The summed E-state index contributed by atoms with van der Waals surface area (Å²) in [5.74, 6) is 0.699. The van der Waals surface area contributed by atoms with Gasteiger partial charge in [-0.1, -0.05) is 18.6 Å². The number of nitrogens with zero attached hydrogens (tertiary/aromatic N) is 1. The van der Waals surface area contributed by atoms with E-state index in [1.54, 1.807) is 26.3 Å². The number of rotatable bonds is 8. The SMILES string of the molecule is CN=C(NCc1cccc(S(N)(=O)=O)c1)NCC1(CCOC)CCC1. The largest absolute Gasteiger partial charge is 0.385 e. The van der Waals surface area contributed by atoms with Crippen LogP contribution in [0.5, 0.6) is 0 Å². The second-order valence-corrected chi connectivity index (χ2v) is 8.13. The van der Waals surface area contributed by atoms with Crippen LogP contribution in [0.15, 0.2) is 34.2 Å². The van der Waals surface area contributed by atoms with Gasteiger partial charge < -0.3 is 15.4 Å². The van der Waals surface area contributed by atoms with Gasteiger partial charge in [-0.2, -0.15) is 0 Å². The van der Waals surface area contributed by atoms with Gasteiger partial charge in [0.05, 0.1) is 4.90 Å². The average Bonchev–Trinajstić information content (AvgIpc) is 2.55. The van der Waals surface area contributed by atoms with Crippen LogP contribution in [0.2, 0.25) is 0 Å². The number of hydrogen-bond donors (Lipinski definition) is 3. The van der Waals surface area contributed by atoms with E-state index in [1.165, 1.54) is 25.3 Å². The van der Waals surface area contributed by atoms with E-state index in [1.807, 2.05) is 6.07 Å². The van der Waals surface area contributed by atoms with E-state index in [0.29, 0.717) is 17.9 Å². The van der Waals surface area contributed by atoms with Crippen molar-refractivity contribution in [3.63, 3.8) is 0 Å². The van der Waals surface area contributed by atoms with Crippen molar-refractivity contribution < 1.29 is 13.2 Å². The molecule has 1 saturated carbocycles. The van der Waals surface area contributed by atoms with E-state index in [9.17, 15) is 8.42 Å². The molecule has 25 heavy (non-hydrogen) atoms. The number of nitrogens with one attached hydrogen (secondary N) is 2. The van der Waals surface area contributed by atoms with Crippen molar-refractivity contribution in [1.82, 2.24) is 10.6 Å². The lowest BCUT2D eigenvalue weighted by molar-refractivity contribution is 0.0732. The Labute approximate surface area is 150 Å². The maximum atomic E-state index is 11.4. The van der Waals surface area contributed by atoms with E-state index < -0.39 is 10.0 Å². The first-order valence-corrected chi connectivity index (χ1v) is 9.98. The summed E-state index contributed by atoms with van der Waals surface area (Å²) < 4.78 is 28.1. The summed E-state index contributed by atoms with van der Waals surface area (Å²) in [6.45, 7) is 2.09. The highest BCUT2D eigenvalue weighted by atomic mass is 32.2. The number of hydrogen-bond acceptors (Lipinski definition) is 4. The Morgan fingerprint density at radius 1 is 1.36 bits per heavy atom. The van der Waals surface area contributed by atoms with Crippen LogP contribution in [0, 0.1) is 5.41 Å². The molecular formula is C17H28N4O3S. The Balaban J connectivity index is 1.88. The number of benzene rings is 1. The van der Waals surface area contributed by atoms with Crippen LogP contribution in [-0.4, -0.2) is 41.7 Å². The van der Waals surface area contributed by atoms with E-state index in [-0.39, 0.29) is 4.90 Å². The zero-order chi connectivity index (χ0) is 18.3. The van der Waals surface area contributed by atoms with Crippen molar-refractivity contribution in [2.75, 3.05) is 27.3 Å². The monoisotopic (exact) mass is 368 g/mol. The molecule has 1 fully saturated rings. The first kappa shape index (κ1) is 19.7. The molecule has 1 aromatic carbocycles. The molecule has 0 spiro atoms. The van der Waals surface area contributed by atoms with Crippen LogP contribution in [0.25, 0.3) is 0 Å². The number of sulfonamides is 1. The molecule has 0 aromatic heterocycles. The Bertz CT molecular complexity index is 700.